The lowest BCUT2D eigenvalue weighted by Crippen LogP contribution is -2.25. The van der Waals surface area contributed by atoms with E-state index in [9.17, 15) is 9.59 Å². The van der Waals surface area contributed by atoms with E-state index in [2.05, 4.69) is 10.3 Å². The molecule has 6 nitrogen and oxygen atoms in total. The van der Waals surface area contributed by atoms with E-state index in [-0.39, 0.29) is 18.1 Å². The Labute approximate surface area is 167 Å². The number of nitrogens with zero attached hydrogens (tertiary/aromatic N) is 2. The van der Waals surface area contributed by atoms with Crippen molar-refractivity contribution >= 4 is 34.1 Å². The zero-order chi connectivity index (χ0) is 19.5. The molecule has 3 aromatic rings. The quantitative estimate of drug-likeness (QED) is 0.726. The SMILES string of the molecule is O=C(COc1ccc(Cl)cc1)Nc1ccc2nc3n(c(=O)c2c1)CCCCC3. The number of benzene rings is 2. The first-order valence-electron chi connectivity index (χ1n) is 9.32. The second-order valence-electron chi connectivity index (χ2n) is 6.82. The van der Waals surface area contributed by atoms with Crippen molar-refractivity contribution in [1.29, 1.82) is 0 Å². The Balaban J connectivity index is 1.51. The van der Waals surface area contributed by atoms with Gasteiger partial charge in [-0.25, -0.2) is 4.98 Å². The van der Waals surface area contributed by atoms with Gasteiger partial charge in [-0.3, -0.25) is 14.2 Å². The molecule has 7 heteroatoms. The molecule has 0 saturated heterocycles. The van der Waals surface area contributed by atoms with Crippen LogP contribution in [0.5, 0.6) is 5.75 Å². The highest BCUT2D eigenvalue weighted by atomic mass is 35.5. The predicted molar refractivity (Wildman–Crippen MR) is 109 cm³/mol. The van der Waals surface area contributed by atoms with E-state index in [4.69, 9.17) is 16.3 Å². The maximum atomic E-state index is 12.9. The molecule has 0 radical (unpaired) electrons. The molecule has 0 fully saturated rings. The summed E-state index contributed by atoms with van der Waals surface area (Å²) in [5, 5.41) is 3.89. The lowest BCUT2D eigenvalue weighted by molar-refractivity contribution is -0.118. The molecule has 1 aromatic heterocycles. The third-order valence-corrected chi connectivity index (χ3v) is 5.03. The summed E-state index contributed by atoms with van der Waals surface area (Å²) in [5.41, 5.74) is 1.16. The third-order valence-electron chi connectivity index (χ3n) is 4.78. The van der Waals surface area contributed by atoms with Crippen molar-refractivity contribution in [3.05, 3.63) is 63.7 Å². The zero-order valence-corrected chi connectivity index (χ0v) is 16.0. The number of hydrogen-bond donors (Lipinski definition) is 1. The van der Waals surface area contributed by atoms with E-state index in [1.165, 1.54) is 0 Å². The first kappa shape index (κ1) is 18.5. The fraction of sp³-hybridized carbons (Fsp3) is 0.286. The molecule has 144 valence electrons. The monoisotopic (exact) mass is 397 g/mol. The highest BCUT2D eigenvalue weighted by Gasteiger charge is 2.14. The van der Waals surface area contributed by atoms with Crippen LogP contribution >= 0.6 is 11.6 Å². The summed E-state index contributed by atoms with van der Waals surface area (Å²) < 4.78 is 7.21. The topological polar surface area (TPSA) is 73.2 Å². The molecule has 1 aliphatic rings. The molecular weight excluding hydrogens is 378 g/mol. The van der Waals surface area contributed by atoms with Crippen LogP contribution in [0.3, 0.4) is 0 Å². The van der Waals surface area contributed by atoms with E-state index in [1.807, 2.05) is 0 Å². The minimum atomic E-state index is -0.308. The second kappa shape index (κ2) is 8.02. The van der Waals surface area contributed by atoms with Crippen molar-refractivity contribution in [2.75, 3.05) is 11.9 Å². The van der Waals surface area contributed by atoms with E-state index in [1.54, 1.807) is 47.0 Å². The molecule has 0 unspecified atom stereocenters. The van der Waals surface area contributed by atoms with Gasteiger partial charge in [-0.2, -0.15) is 0 Å². The Morgan fingerprint density at radius 3 is 2.79 bits per heavy atom. The van der Waals surface area contributed by atoms with Crippen molar-refractivity contribution in [3.8, 4) is 5.75 Å². The number of aromatic nitrogens is 2. The van der Waals surface area contributed by atoms with Gasteiger partial charge in [0.25, 0.3) is 11.5 Å². The number of aryl methyl sites for hydroxylation is 1. The lowest BCUT2D eigenvalue weighted by Gasteiger charge is -2.11. The van der Waals surface area contributed by atoms with Crippen molar-refractivity contribution in [3.63, 3.8) is 0 Å². The van der Waals surface area contributed by atoms with Crippen LogP contribution in [0.1, 0.15) is 25.1 Å². The molecule has 1 aliphatic heterocycles. The van der Waals surface area contributed by atoms with Crippen LogP contribution in [0.15, 0.2) is 47.3 Å². The average molecular weight is 398 g/mol. The number of amides is 1. The molecule has 0 saturated carbocycles. The summed E-state index contributed by atoms with van der Waals surface area (Å²) in [5.74, 6) is 1.10. The molecule has 0 spiro atoms. The van der Waals surface area contributed by atoms with Crippen LogP contribution in [0, 0.1) is 0 Å². The second-order valence-corrected chi connectivity index (χ2v) is 7.25. The minimum absolute atomic E-state index is 0.0459. The van der Waals surface area contributed by atoms with Gasteiger partial charge in [0.2, 0.25) is 0 Å². The molecule has 2 heterocycles. The number of hydrogen-bond acceptors (Lipinski definition) is 4. The smallest absolute Gasteiger partial charge is 0.262 e. The van der Waals surface area contributed by atoms with E-state index in [0.717, 1.165) is 31.5 Å². The maximum Gasteiger partial charge on any atom is 0.262 e. The molecule has 0 atom stereocenters. The summed E-state index contributed by atoms with van der Waals surface area (Å²) in [4.78, 5) is 29.7. The zero-order valence-electron chi connectivity index (χ0n) is 15.3. The Morgan fingerprint density at radius 1 is 1.14 bits per heavy atom. The van der Waals surface area contributed by atoms with Crippen molar-refractivity contribution in [2.24, 2.45) is 0 Å². The Morgan fingerprint density at radius 2 is 1.96 bits per heavy atom. The molecule has 2 aromatic carbocycles. The van der Waals surface area contributed by atoms with Gasteiger partial charge in [-0.15, -0.1) is 0 Å². The largest absolute Gasteiger partial charge is 0.484 e. The number of ether oxygens (including phenoxy) is 1. The summed E-state index contributed by atoms with van der Waals surface area (Å²) >= 11 is 5.83. The molecule has 1 N–H and O–H groups in total. The molecule has 0 bridgehead atoms. The van der Waals surface area contributed by atoms with Gasteiger partial charge in [-0.1, -0.05) is 18.0 Å². The molecule has 1 amide bonds. The number of anilines is 1. The van der Waals surface area contributed by atoms with Gasteiger partial charge in [0.1, 0.15) is 11.6 Å². The van der Waals surface area contributed by atoms with Gasteiger partial charge < -0.3 is 10.1 Å². The van der Waals surface area contributed by atoms with Crippen LogP contribution in [0.2, 0.25) is 5.02 Å². The van der Waals surface area contributed by atoms with Crippen LogP contribution in [-0.4, -0.2) is 22.1 Å². The van der Waals surface area contributed by atoms with Gasteiger partial charge >= 0.3 is 0 Å². The molecule has 28 heavy (non-hydrogen) atoms. The van der Waals surface area contributed by atoms with Gasteiger partial charge in [0.15, 0.2) is 6.61 Å². The summed E-state index contributed by atoms with van der Waals surface area (Å²) in [6.45, 7) is 0.559. The fourth-order valence-electron chi connectivity index (χ4n) is 3.37. The van der Waals surface area contributed by atoms with E-state index in [0.29, 0.717) is 33.9 Å². The summed E-state index contributed by atoms with van der Waals surface area (Å²) in [6.07, 6.45) is 3.97. The Bertz CT molecular complexity index is 1080. The summed E-state index contributed by atoms with van der Waals surface area (Å²) in [6, 6.07) is 12.0. The van der Waals surface area contributed by atoms with Gasteiger partial charge in [-0.05, 0) is 55.3 Å². The number of rotatable bonds is 4. The van der Waals surface area contributed by atoms with Crippen molar-refractivity contribution in [2.45, 2.75) is 32.2 Å². The van der Waals surface area contributed by atoms with Crippen LogP contribution in [-0.2, 0) is 17.8 Å². The predicted octanol–water partition coefficient (Wildman–Crippen LogP) is 3.79. The third kappa shape index (κ3) is 4.02. The number of halogens is 1. The Hall–Kier alpha value is -2.86. The summed E-state index contributed by atoms with van der Waals surface area (Å²) in [7, 11) is 0. The standard InChI is InChI=1S/C21H20ClN3O3/c22-14-5-8-16(9-6-14)28-13-20(26)23-15-7-10-18-17(12-15)21(27)25-11-3-1-2-4-19(25)24-18/h5-10,12H,1-4,11,13H2,(H,23,26). The molecule has 0 aliphatic carbocycles. The molecular formula is C21H20ClN3O3. The number of carbonyl (C=O) groups is 1. The number of fused-ring (bicyclic) bond motifs is 2. The lowest BCUT2D eigenvalue weighted by atomic mass is 10.2. The van der Waals surface area contributed by atoms with Crippen molar-refractivity contribution < 1.29 is 9.53 Å². The van der Waals surface area contributed by atoms with Crippen LogP contribution in [0.4, 0.5) is 5.69 Å². The maximum absolute atomic E-state index is 12.9. The first-order chi connectivity index (χ1) is 13.6. The van der Waals surface area contributed by atoms with E-state index < -0.39 is 0 Å². The normalized spacial score (nSPS) is 13.6. The highest BCUT2D eigenvalue weighted by Crippen LogP contribution is 2.19. The van der Waals surface area contributed by atoms with Crippen molar-refractivity contribution in [1.82, 2.24) is 9.55 Å². The van der Waals surface area contributed by atoms with E-state index >= 15 is 0 Å². The highest BCUT2D eigenvalue weighted by molar-refractivity contribution is 6.30. The first-order valence-corrected chi connectivity index (χ1v) is 9.70. The average Bonchev–Trinajstić information content (AvgIpc) is 2.94. The molecule has 4 rings (SSSR count). The number of carbonyl (C=O) groups excluding carboxylic acids is 1. The minimum Gasteiger partial charge on any atom is -0.484 e. The fourth-order valence-corrected chi connectivity index (χ4v) is 3.50. The Kier molecular flexibility index (Phi) is 5.30. The van der Waals surface area contributed by atoms with Crippen LogP contribution < -0.4 is 15.6 Å². The number of nitrogens with one attached hydrogen (secondary N) is 1. The van der Waals surface area contributed by atoms with Crippen LogP contribution in [0.25, 0.3) is 10.9 Å². The van der Waals surface area contributed by atoms with Gasteiger partial charge in [0.05, 0.1) is 10.9 Å². The van der Waals surface area contributed by atoms with Gasteiger partial charge in [0, 0.05) is 23.7 Å².